The molecule has 1 heterocycles. The van der Waals surface area contributed by atoms with Crippen LogP contribution in [0.1, 0.15) is 0 Å². The van der Waals surface area contributed by atoms with E-state index in [-0.39, 0.29) is 0 Å². The molecule has 1 aliphatic rings. The summed E-state index contributed by atoms with van der Waals surface area (Å²) in [6.45, 7) is 0. The number of hydrogen-bond acceptors (Lipinski definition) is 1. The normalized spacial score (nSPS) is 14.8. The summed E-state index contributed by atoms with van der Waals surface area (Å²) in [6, 6.07) is 13.2. The van der Waals surface area contributed by atoms with Crippen molar-refractivity contribution in [3.63, 3.8) is 0 Å². The topological polar surface area (TPSA) is 0 Å². The van der Waals surface area contributed by atoms with Gasteiger partial charge in [-0.05, 0) is 27.4 Å². The minimum Gasteiger partial charge on any atom is -0.129 e. The van der Waals surface area contributed by atoms with Gasteiger partial charge in [-0.3, -0.25) is 0 Å². The first-order chi connectivity index (χ1) is 6.45. The molecule has 62 valence electrons. The molecule has 2 radical (unpaired) electrons. The summed E-state index contributed by atoms with van der Waals surface area (Å²) in [7, 11) is 0.996. The van der Waals surface area contributed by atoms with Crippen LogP contribution in [0, 0.1) is 0 Å². The van der Waals surface area contributed by atoms with Crippen LogP contribution in [0.5, 0.6) is 0 Å². The summed E-state index contributed by atoms with van der Waals surface area (Å²) in [5.41, 5.74) is 0. The van der Waals surface area contributed by atoms with E-state index in [9.17, 15) is 0 Å². The van der Waals surface area contributed by atoms with Gasteiger partial charge < -0.3 is 0 Å². The van der Waals surface area contributed by atoms with Crippen molar-refractivity contribution < 1.29 is 0 Å². The van der Waals surface area contributed by atoms with E-state index in [1.54, 1.807) is 5.19 Å². The van der Waals surface area contributed by atoms with Crippen LogP contribution in [0.4, 0.5) is 0 Å². The van der Waals surface area contributed by atoms with Crippen molar-refractivity contribution in [2.45, 2.75) is 4.90 Å². The molecule has 3 rings (SSSR count). The van der Waals surface area contributed by atoms with E-state index in [0.29, 0.717) is 0 Å². The van der Waals surface area contributed by atoms with E-state index < -0.39 is 0 Å². The minimum absolute atomic E-state index is 0.996. The quantitative estimate of drug-likeness (QED) is 0.588. The monoisotopic (exact) mass is 200 g/mol. The van der Waals surface area contributed by atoms with Gasteiger partial charge in [0.2, 0.25) is 0 Å². The lowest BCUT2D eigenvalue weighted by molar-refractivity contribution is 1.58. The summed E-state index contributed by atoms with van der Waals surface area (Å²) >= 11 is 2.00. The van der Waals surface area contributed by atoms with Crippen LogP contribution in [0.15, 0.2) is 41.3 Å². The molecule has 0 N–H and O–H groups in total. The van der Waals surface area contributed by atoms with Gasteiger partial charge in [0, 0.05) is 4.90 Å². The fourth-order valence-corrected chi connectivity index (χ4v) is 4.76. The first-order valence-electron chi connectivity index (χ1n) is 4.33. The summed E-state index contributed by atoms with van der Waals surface area (Å²) in [5, 5.41) is 5.71. The maximum absolute atomic E-state index is 2.27. The average Bonchev–Trinajstić information content (AvgIpc) is 2.65. The van der Waals surface area contributed by atoms with Crippen LogP contribution in [0.3, 0.4) is 0 Å². The van der Waals surface area contributed by atoms with Gasteiger partial charge in [-0.15, -0.1) is 11.8 Å². The Hall–Kier alpha value is -0.733. The maximum atomic E-state index is 2.27. The molecular weight excluding hydrogens is 192 g/mol. The minimum atomic E-state index is 0.996. The van der Waals surface area contributed by atoms with Gasteiger partial charge in [0.15, 0.2) is 0 Å². The molecule has 0 saturated carbocycles. The molecule has 0 nitrogen and oxygen atoms in total. The van der Waals surface area contributed by atoms with Crippen LogP contribution in [-0.4, -0.2) is 14.9 Å². The van der Waals surface area contributed by atoms with Crippen LogP contribution < -0.4 is 5.19 Å². The van der Waals surface area contributed by atoms with Crippen LogP contribution >= 0.6 is 11.8 Å². The fraction of sp³-hybridized carbons (Fsp3) is 0.0909. The highest BCUT2D eigenvalue weighted by molar-refractivity contribution is 8.01. The Bertz CT molecular complexity index is 465. The lowest BCUT2D eigenvalue weighted by Gasteiger charge is -2.03. The Kier molecular flexibility index (Phi) is 1.70. The zero-order chi connectivity index (χ0) is 8.67. The van der Waals surface area contributed by atoms with Crippen LogP contribution in [-0.2, 0) is 0 Å². The van der Waals surface area contributed by atoms with Crippen molar-refractivity contribution >= 4 is 37.2 Å². The van der Waals surface area contributed by atoms with Crippen molar-refractivity contribution in [1.82, 2.24) is 0 Å². The SMILES string of the molecule is c1ccc2c3c(ccc2c1)SC[Si]3. The van der Waals surface area contributed by atoms with Gasteiger partial charge in [-0.2, -0.15) is 0 Å². The molecule has 0 spiro atoms. The predicted molar refractivity (Wildman–Crippen MR) is 60.1 cm³/mol. The van der Waals surface area contributed by atoms with E-state index in [1.807, 2.05) is 11.8 Å². The average molecular weight is 200 g/mol. The van der Waals surface area contributed by atoms with Gasteiger partial charge in [0.05, 0.1) is 9.52 Å². The molecule has 2 aromatic carbocycles. The molecule has 2 heteroatoms. The molecule has 0 aliphatic carbocycles. The third-order valence-corrected chi connectivity index (χ3v) is 5.25. The van der Waals surface area contributed by atoms with E-state index >= 15 is 0 Å². The maximum Gasteiger partial charge on any atom is 0.0949 e. The van der Waals surface area contributed by atoms with Gasteiger partial charge in [0.1, 0.15) is 0 Å². The zero-order valence-corrected chi connectivity index (χ0v) is 8.90. The highest BCUT2D eigenvalue weighted by Gasteiger charge is 2.14. The molecule has 0 fully saturated rings. The van der Waals surface area contributed by atoms with E-state index in [4.69, 9.17) is 0 Å². The fourth-order valence-electron chi connectivity index (χ4n) is 1.74. The summed E-state index contributed by atoms with van der Waals surface area (Å²) in [5.74, 6) is 0. The molecule has 0 atom stereocenters. The number of hydrogen-bond donors (Lipinski definition) is 0. The predicted octanol–water partition coefficient (Wildman–Crippen LogP) is 2.23. The molecule has 13 heavy (non-hydrogen) atoms. The van der Waals surface area contributed by atoms with Crippen molar-refractivity contribution in [3.05, 3.63) is 36.4 Å². The van der Waals surface area contributed by atoms with Crippen LogP contribution in [0.25, 0.3) is 10.8 Å². The van der Waals surface area contributed by atoms with E-state index in [0.717, 1.165) is 9.52 Å². The largest absolute Gasteiger partial charge is 0.129 e. The summed E-state index contributed by atoms with van der Waals surface area (Å²) in [6.07, 6.45) is 0. The molecule has 0 amide bonds. The van der Waals surface area contributed by atoms with E-state index in [1.165, 1.54) is 21.0 Å². The van der Waals surface area contributed by atoms with Gasteiger partial charge >= 0.3 is 0 Å². The lowest BCUT2D eigenvalue weighted by Crippen LogP contribution is -2.12. The molecule has 0 saturated heterocycles. The highest BCUT2D eigenvalue weighted by atomic mass is 32.2. The number of rotatable bonds is 0. The second kappa shape index (κ2) is 2.89. The van der Waals surface area contributed by atoms with Crippen molar-refractivity contribution in [2.24, 2.45) is 0 Å². The highest BCUT2D eigenvalue weighted by Crippen LogP contribution is 2.25. The Morgan fingerprint density at radius 1 is 1.08 bits per heavy atom. The smallest absolute Gasteiger partial charge is 0.0949 e. The molecule has 1 aliphatic heterocycles. The zero-order valence-electron chi connectivity index (χ0n) is 7.08. The second-order valence-electron chi connectivity index (χ2n) is 3.13. The Morgan fingerprint density at radius 3 is 3.00 bits per heavy atom. The standard InChI is InChI=1S/C11H8SSi/c1-2-4-9-8(3-1)5-6-10-11(9)13-7-12-10/h1-6H,7H2. The summed E-state index contributed by atoms with van der Waals surface area (Å²) in [4.78, 5) is 1.50. The molecular formula is C11H8SSi. The third kappa shape index (κ3) is 1.13. The first-order valence-corrected chi connectivity index (χ1v) is 6.53. The molecule has 0 aromatic heterocycles. The van der Waals surface area contributed by atoms with Gasteiger partial charge in [-0.25, -0.2) is 0 Å². The van der Waals surface area contributed by atoms with Gasteiger partial charge in [0.25, 0.3) is 0 Å². The van der Waals surface area contributed by atoms with Crippen LogP contribution in [0.2, 0.25) is 0 Å². The Morgan fingerprint density at radius 2 is 2.00 bits per heavy atom. The molecule has 0 unspecified atom stereocenters. The second-order valence-corrected chi connectivity index (χ2v) is 5.86. The first kappa shape index (κ1) is 7.65. The molecule has 2 aromatic rings. The molecule has 0 bridgehead atoms. The number of benzene rings is 2. The van der Waals surface area contributed by atoms with Gasteiger partial charge in [-0.1, -0.05) is 30.3 Å². The summed E-state index contributed by atoms with van der Waals surface area (Å²) < 4.78 is 0. The Labute approximate surface area is 84.2 Å². The third-order valence-electron chi connectivity index (χ3n) is 2.37. The van der Waals surface area contributed by atoms with Crippen molar-refractivity contribution in [3.8, 4) is 0 Å². The number of fused-ring (bicyclic) bond motifs is 3. The number of thioether (sulfide) groups is 1. The van der Waals surface area contributed by atoms with E-state index in [2.05, 4.69) is 36.4 Å². The Balaban J connectivity index is 2.43. The van der Waals surface area contributed by atoms with Crippen molar-refractivity contribution in [1.29, 1.82) is 0 Å². The van der Waals surface area contributed by atoms with Crippen molar-refractivity contribution in [2.75, 3.05) is 5.38 Å². The lowest BCUT2D eigenvalue weighted by atomic mass is 10.1.